The van der Waals surface area contributed by atoms with Crippen LogP contribution in [0.5, 0.6) is 0 Å². The maximum absolute atomic E-state index is 11.4. The minimum atomic E-state index is -0.702. The molecular formula is C12H18O3. The number of rotatable bonds is 2. The largest absolute Gasteiger partial charge is 0.461 e. The van der Waals surface area contributed by atoms with Crippen LogP contribution in [0.25, 0.3) is 0 Å². The van der Waals surface area contributed by atoms with E-state index < -0.39 is 11.5 Å². The van der Waals surface area contributed by atoms with Gasteiger partial charge in [0.2, 0.25) is 0 Å². The molecule has 0 amide bonds. The predicted molar refractivity (Wildman–Crippen MR) is 56.1 cm³/mol. The Morgan fingerprint density at radius 3 is 2.87 bits per heavy atom. The molecule has 0 aromatic rings. The van der Waals surface area contributed by atoms with Crippen LogP contribution in [0.4, 0.5) is 0 Å². The monoisotopic (exact) mass is 210 g/mol. The first-order valence-corrected chi connectivity index (χ1v) is 5.62. The van der Waals surface area contributed by atoms with Crippen molar-refractivity contribution < 1.29 is 14.6 Å². The van der Waals surface area contributed by atoms with Crippen molar-refractivity contribution in [1.29, 1.82) is 0 Å². The average molecular weight is 210 g/mol. The Bertz CT molecular complexity index is 297. The maximum atomic E-state index is 11.4. The van der Waals surface area contributed by atoms with Crippen molar-refractivity contribution in [3.8, 4) is 0 Å². The second-order valence-corrected chi connectivity index (χ2v) is 4.80. The highest BCUT2D eigenvalue weighted by Gasteiger charge is 2.58. The number of allylic oxidation sites excluding steroid dienone is 1. The molecule has 4 unspecified atom stereocenters. The molecule has 0 saturated carbocycles. The molecule has 2 aliphatic rings. The van der Waals surface area contributed by atoms with Crippen molar-refractivity contribution in [2.75, 3.05) is 0 Å². The van der Waals surface area contributed by atoms with Gasteiger partial charge in [0, 0.05) is 5.92 Å². The van der Waals surface area contributed by atoms with E-state index in [1.54, 1.807) is 6.92 Å². The number of esters is 1. The number of cyclic esters (lactones) is 1. The third-order valence-corrected chi connectivity index (χ3v) is 3.88. The molecule has 0 radical (unpaired) electrons. The second-order valence-electron chi connectivity index (χ2n) is 4.80. The van der Waals surface area contributed by atoms with E-state index in [2.05, 4.69) is 6.08 Å². The van der Waals surface area contributed by atoms with Gasteiger partial charge in [-0.25, -0.2) is 0 Å². The summed E-state index contributed by atoms with van der Waals surface area (Å²) in [6.45, 7) is 3.65. The van der Waals surface area contributed by atoms with Crippen LogP contribution in [0.1, 0.15) is 33.1 Å². The Morgan fingerprint density at radius 2 is 2.40 bits per heavy atom. The third-order valence-electron chi connectivity index (χ3n) is 3.88. The first-order chi connectivity index (χ1) is 7.06. The lowest BCUT2D eigenvalue weighted by molar-refractivity contribution is -0.221. The number of aliphatic hydroxyl groups excluding tert-OH is 1. The SMILES string of the molecule is CC1OC(=O)C1(C)C(O)C1C=CCCC1. The van der Waals surface area contributed by atoms with Crippen molar-refractivity contribution in [2.24, 2.45) is 11.3 Å². The quantitative estimate of drug-likeness (QED) is 0.557. The highest BCUT2D eigenvalue weighted by atomic mass is 16.6. The Labute approximate surface area is 90.1 Å². The normalized spacial score (nSPS) is 41.9. The molecule has 2 rings (SSSR count). The van der Waals surface area contributed by atoms with Gasteiger partial charge in [-0.1, -0.05) is 12.2 Å². The average Bonchev–Trinajstić information content (AvgIpc) is 2.28. The van der Waals surface area contributed by atoms with E-state index in [-0.39, 0.29) is 18.0 Å². The molecule has 1 aliphatic heterocycles. The van der Waals surface area contributed by atoms with Gasteiger partial charge >= 0.3 is 5.97 Å². The van der Waals surface area contributed by atoms with Crippen LogP contribution in [0.3, 0.4) is 0 Å². The zero-order valence-electron chi connectivity index (χ0n) is 9.27. The molecule has 1 N–H and O–H groups in total. The van der Waals surface area contributed by atoms with Crippen molar-refractivity contribution in [3.63, 3.8) is 0 Å². The van der Waals surface area contributed by atoms with Gasteiger partial charge in [0.25, 0.3) is 0 Å². The van der Waals surface area contributed by atoms with Gasteiger partial charge in [-0.3, -0.25) is 4.79 Å². The van der Waals surface area contributed by atoms with Crippen LogP contribution in [0.2, 0.25) is 0 Å². The second kappa shape index (κ2) is 3.63. The van der Waals surface area contributed by atoms with E-state index in [9.17, 15) is 9.90 Å². The van der Waals surface area contributed by atoms with E-state index in [1.807, 2.05) is 13.0 Å². The molecule has 0 bridgehead atoms. The zero-order chi connectivity index (χ0) is 11.1. The standard InChI is InChI=1S/C12H18O3/c1-8-12(2,11(14)15-8)10(13)9-6-4-3-5-7-9/h4,6,8-10,13H,3,5,7H2,1-2H3. The number of hydrogen-bond acceptors (Lipinski definition) is 3. The van der Waals surface area contributed by atoms with E-state index >= 15 is 0 Å². The summed E-state index contributed by atoms with van der Waals surface area (Å²) in [7, 11) is 0. The summed E-state index contributed by atoms with van der Waals surface area (Å²) in [5, 5.41) is 10.2. The number of carbonyl (C=O) groups is 1. The van der Waals surface area contributed by atoms with Crippen LogP contribution in [0, 0.1) is 11.3 Å². The van der Waals surface area contributed by atoms with E-state index in [1.165, 1.54) is 0 Å². The summed E-state index contributed by atoms with van der Waals surface area (Å²) < 4.78 is 4.94. The van der Waals surface area contributed by atoms with Crippen molar-refractivity contribution in [3.05, 3.63) is 12.2 Å². The number of carbonyl (C=O) groups excluding carboxylic acids is 1. The van der Waals surface area contributed by atoms with Gasteiger partial charge in [0.15, 0.2) is 0 Å². The Morgan fingerprint density at radius 1 is 1.67 bits per heavy atom. The molecule has 15 heavy (non-hydrogen) atoms. The molecule has 1 heterocycles. The first-order valence-electron chi connectivity index (χ1n) is 5.62. The summed E-state index contributed by atoms with van der Waals surface area (Å²) in [5.74, 6) is -0.152. The number of hydrogen-bond donors (Lipinski definition) is 1. The topological polar surface area (TPSA) is 46.5 Å². The highest BCUT2D eigenvalue weighted by molar-refractivity contribution is 5.83. The predicted octanol–water partition coefficient (Wildman–Crippen LogP) is 1.66. The van der Waals surface area contributed by atoms with Gasteiger partial charge in [0.05, 0.1) is 6.10 Å². The molecule has 0 aromatic carbocycles. The molecule has 1 fully saturated rings. The fourth-order valence-corrected chi connectivity index (χ4v) is 2.43. The molecule has 1 saturated heterocycles. The molecule has 4 atom stereocenters. The fraction of sp³-hybridized carbons (Fsp3) is 0.750. The highest BCUT2D eigenvalue weighted by Crippen LogP contribution is 2.43. The van der Waals surface area contributed by atoms with Crippen molar-refractivity contribution in [2.45, 2.75) is 45.3 Å². The molecule has 84 valence electrons. The first kappa shape index (κ1) is 10.7. The summed E-state index contributed by atoms with van der Waals surface area (Å²) in [4.78, 5) is 11.4. The van der Waals surface area contributed by atoms with Crippen molar-refractivity contribution >= 4 is 5.97 Å². The molecular weight excluding hydrogens is 192 g/mol. The van der Waals surface area contributed by atoms with Gasteiger partial charge in [-0.15, -0.1) is 0 Å². The molecule has 3 nitrogen and oxygen atoms in total. The zero-order valence-corrected chi connectivity index (χ0v) is 9.27. The lowest BCUT2D eigenvalue weighted by atomic mass is 9.69. The lowest BCUT2D eigenvalue weighted by Gasteiger charge is -2.47. The Hall–Kier alpha value is -0.830. The van der Waals surface area contributed by atoms with Crippen LogP contribution < -0.4 is 0 Å². The smallest absolute Gasteiger partial charge is 0.318 e. The lowest BCUT2D eigenvalue weighted by Crippen LogP contribution is -2.61. The van der Waals surface area contributed by atoms with Crippen LogP contribution in [-0.4, -0.2) is 23.3 Å². The maximum Gasteiger partial charge on any atom is 0.318 e. The van der Waals surface area contributed by atoms with Crippen molar-refractivity contribution in [1.82, 2.24) is 0 Å². The Balaban J connectivity index is 2.12. The summed E-state index contributed by atoms with van der Waals surface area (Å²) in [6.07, 6.45) is 6.50. The minimum Gasteiger partial charge on any atom is -0.461 e. The number of aliphatic hydroxyl groups is 1. The minimum absolute atomic E-state index is 0.110. The van der Waals surface area contributed by atoms with Gasteiger partial charge in [0.1, 0.15) is 11.5 Å². The third kappa shape index (κ3) is 1.49. The van der Waals surface area contributed by atoms with E-state index in [0.717, 1.165) is 19.3 Å². The molecule has 0 aromatic heterocycles. The Kier molecular flexibility index (Phi) is 2.59. The van der Waals surface area contributed by atoms with Gasteiger partial charge in [-0.05, 0) is 33.1 Å². The van der Waals surface area contributed by atoms with E-state index in [0.29, 0.717) is 0 Å². The van der Waals surface area contributed by atoms with Gasteiger partial charge in [-0.2, -0.15) is 0 Å². The molecule has 0 spiro atoms. The number of ether oxygens (including phenoxy) is 1. The summed E-state index contributed by atoms with van der Waals surface area (Å²) >= 11 is 0. The van der Waals surface area contributed by atoms with Crippen LogP contribution >= 0.6 is 0 Å². The molecule has 1 aliphatic carbocycles. The van der Waals surface area contributed by atoms with E-state index in [4.69, 9.17) is 4.74 Å². The summed E-state index contributed by atoms with van der Waals surface area (Å²) in [5.41, 5.74) is -0.702. The molecule has 3 heteroatoms. The van der Waals surface area contributed by atoms with Crippen LogP contribution in [-0.2, 0) is 9.53 Å². The fourth-order valence-electron chi connectivity index (χ4n) is 2.43. The van der Waals surface area contributed by atoms with Gasteiger partial charge < -0.3 is 9.84 Å². The summed E-state index contributed by atoms with van der Waals surface area (Å²) in [6, 6.07) is 0. The van der Waals surface area contributed by atoms with Crippen LogP contribution in [0.15, 0.2) is 12.2 Å².